The SMILES string of the molecule is O=C(Oc1ccc2nc(N3CCCCC3)sc2c1)c1ccc(S(=O)(=O)N2CCCCCC2)cc1. The van der Waals surface area contributed by atoms with Crippen molar-refractivity contribution in [2.75, 3.05) is 31.1 Å². The number of carbonyl (C=O) groups is 1. The molecule has 1 aromatic heterocycles. The van der Waals surface area contributed by atoms with Gasteiger partial charge in [-0.05, 0) is 68.5 Å². The van der Waals surface area contributed by atoms with E-state index in [1.54, 1.807) is 21.7 Å². The molecule has 2 aliphatic rings. The molecule has 3 heterocycles. The number of piperidine rings is 1. The molecule has 180 valence electrons. The standard InChI is InChI=1S/C25H29N3O4S2/c29-24(19-8-11-21(12-9-19)34(30,31)28-16-6-1-2-7-17-28)32-20-10-13-22-23(18-20)33-25(26-22)27-14-4-3-5-15-27/h8-13,18H,1-7,14-17H2. The van der Waals surface area contributed by atoms with Gasteiger partial charge >= 0.3 is 5.97 Å². The Morgan fingerprint density at radius 3 is 2.21 bits per heavy atom. The van der Waals surface area contributed by atoms with Crippen LogP contribution in [0.5, 0.6) is 5.75 Å². The molecule has 5 rings (SSSR count). The highest BCUT2D eigenvalue weighted by atomic mass is 32.2. The molecule has 7 nitrogen and oxygen atoms in total. The number of ether oxygens (including phenoxy) is 1. The van der Waals surface area contributed by atoms with Crippen molar-refractivity contribution >= 4 is 42.7 Å². The fourth-order valence-corrected chi connectivity index (χ4v) is 7.10. The van der Waals surface area contributed by atoms with Gasteiger partial charge < -0.3 is 9.64 Å². The van der Waals surface area contributed by atoms with Crippen molar-refractivity contribution in [1.29, 1.82) is 0 Å². The second-order valence-electron chi connectivity index (χ2n) is 8.91. The molecule has 0 spiro atoms. The van der Waals surface area contributed by atoms with E-state index < -0.39 is 16.0 Å². The number of esters is 1. The average Bonchev–Trinajstić information content (AvgIpc) is 3.08. The lowest BCUT2D eigenvalue weighted by Crippen LogP contribution is -2.31. The molecule has 0 N–H and O–H groups in total. The Balaban J connectivity index is 1.28. The second-order valence-corrected chi connectivity index (χ2v) is 11.9. The normalized spacial score (nSPS) is 18.1. The molecule has 34 heavy (non-hydrogen) atoms. The number of aromatic nitrogens is 1. The number of thiazole rings is 1. The Morgan fingerprint density at radius 1 is 0.853 bits per heavy atom. The highest BCUT2D eigenvalue weighted by Gasteiger charge is 2.25. The van der Waals surface area contributed by atoms with E-state index in [4.69, 9.17) is 9.72 Å². The van der Waals surface area contributed by atoms with Gasteiger partial charge in [-0.2, -0.15) is 4.31 Å². The number of carbonyl (C=O) groups excluding carboxylic acids is 1. The number of benzene rings is 2. The van der Waals surface area contributed by atoms with Crippen LogP contribution in [0.15, 0.2) is 47.4 Å². The topological polar surface area (TPSA) is 79.8 Å². The lowest BCUT2D eigenvalue weighted by molar-refractivity contribution is 0.0735. The number of fused-ring (bicyclic) bond motifs is 1. The number of sulfonamides is 1. The van der Waals surface area contributed by atoms with Crippen LogP contribution in [0.4, 0.5) is 5.13 Å². The Labute approximate surface area is 204 Å². The summed E-state index contributed by atoms with van der Waals surface area (Å²) in [7, 11) is -3.55. The van der Waals surface area contributed by atoms with Crippen molar-refractivity contribution in [3.05, 3.63) is 48.0 Å². The maximum Gasteiger partial charge on any atom is 0.343 e. The van der Waals surface area contributed by atoms with E-state index in [1.807, 2.05) is 12.1 Å². The molecule has 0 atom stereocenters. The lowest BCUT2D eigenvalue weighted by Gasteiger charge is -2.25. The van der Waals surface area contributed by atoms with Crippen molar-refractivity contribution < 1.29 is 17.9 Å². The third-order valence-electron chi connectivity index (χ3n) is 6.48. The zero-order chi connectivity index (χ0) is 23.5. The van der Waals surface area contributed by atoms with E-state index >= 15 is 0 Å². The molecule has 2 fully saturated rings. The molecular weight excluding hydrogens is 470 g/mol. The first-order valence-corrected chi connectivity index (χ1v) is 14.2. The first-order chi connectivity index (χ1) is 16.5. The largest absolute Gasteiger partial charge is 0.423 e. The van der Waals surface area contributed by atoms with Crippen LogP contribution in [0.2, 0.25) is 0 Å². The van der Waals surface area contributed by atoms with Crippen molar-refractivity contribution in [1.82, 2.24) is 9.29 Å². The predicted octanol–water partition coefficient (Wildman–Crippen LogP) is 5.07. The van der Waals surface area contributed by atoms with Gasteiger partial charge in [-0.15, -0.1) is 0 Å². The molecule has 0 radical (unpaired) electrons. The monoisotopic (exact) mass is 499 g/mol. The lowest BCUT2D eigenvalue weighted by atomic mass is 10.1. The quantitative estimate of drug-likeness (QED) is 0.360. The minimum atomic E-state index is -3.55. The predicted molar refractivity (Wildman–Crippen MR) is 134 cm³/mol. The van der Waals surface area contributed by atoms with Crippen LogP contribution < -0.4 is 9.64 Å². The first kappa shape index (κ1) is 23.3. The number of hydrogen-bond donors (Lipinski definition) is 0. The number of rotatable bonds is 5. The van der Waals surface area contributed by atoms with Gasteiger partial charge in [0.2, 0.25) is 10.0 Å². The molecule has 0 amide bonds. The molecule has 2 aromatic carbocycles. The summed E-state index contributed by atoms with van der Waals surface area (Å²) in [5, 5.41) is 1.01. The summed E-state index contributed by atoms with van der Waals surface area (Å²) >= 11 is 1.61. The van der Waals surface area contributed by atoms with Crippen LogP contribution >= 0.6 is 11.3 Å². The third-order valence-corrected chi connectivity index (χ3v) is 9.47. The zero-order valence-electron chi connectivity index (χ0n) is 19.1. The molecular formula is C25H29N3O4S2. The molecule has 0 unspecified atom stereocenters. The van der Waals surface area contributed by atoms with Crippen LogP contribution in [0.3, 0.4) is 0 Å². The zero-order valence-corrected chi connectivity index (χ0v) is 20.7. The van der Waals surface area contributed by atoms with Crippen molar-refractivity contribution in [3.8, 4) is 5.75 Å². The van der Waals surface area contributed by atoms with Gasteiger partial charge in [0.25, 0.3) is 0 Å². The van der Waals surface area contributed by atoms with Crippen LogP contribution in [-0.4, -0.2) is 49.9 Å². The fourth-order valence-electron chi connectivity index (χ4n) is 4.54. The summed E-state index contributed by atoms with van der Waals surface area (Å²) in [5.74, 6) is -0.0635. The summed E-state index contributed by atoms with van der Waals surface area (Å²) in [6.07, 6.45) is 7.54. The van der Waals surface area contributed by atoms with Gasteiger partial charge in [0.05, 0.1) is 20.7 Å². The summed E-state index contributed by atoms with van der Waals surface area (Å²) in [6, 6.07) is 11.5. The Hall–Kier alpha value is -2.49. The Bertz CT molecular complexity index is 1260. The first-order valence-electron chi connectivity index (χ1n) is 12.0. The number of anilines is 1. The van der Waals surface area contributed by atoms with Crippen LogP contribution in [-0.2, 0) is 10.0 Å². The van der Waals surface area contributed by atoms with Gasteiger partial charge in [0, 0.05) is 32.2 Å². The van der Waals surface area contributed by atoms with E-state index in [0.29, 0.717) is 24.4 Å². The van der Waals surface area contributed by atoms with E-state index in [2.05, 4.69) is 4.90 Å². The minimum absolute atomic E-state index is 0.210. The van der Waals surface area contributed by atoms with Gasteiger partial charge in [-0.3, -0.25) is 0 Å². The van der Waals surface area contributed by atoms with Gasteiger partial charge in [0.1, 0.15) is 5.75 Å². The van der Waals surface area contributed by atoms with E-state index in [-0.39, 0.29) is 4.90 Å². The molecule has 0 aliphatic carbocycles. The number of nitrogens with zero attached hydrogens (tertiary/aromatic N) is 3. The molecule has 0 bridgehead atoms. The van der Waals surface area contributed by atoms with Crippen molar-refractivity contribution in [3.63, 3.8) is 0 Å². The summed E-state index contributed by atoms with van der Waals surface area (Å²) in [4.78, 5) is 20.0. The van der Waals surface area contributed by atoms with Gasteiger partial charge in [0.15, 0.2) is 5.13 Å². The maximum absolute atomic E-state index is 13.0. The van der Waals surface area contributed by atoms with E-state index in [0.717, 1.165) is 54.1 Å². The number of hydrogen-bond acceptors (Lipinski definition) is 7. The molecule has 0 saturated carbocycles. The fraction of sp³-hybridized carbons (Fsp3) is 0.440. The Kier molecular flexibility index (Phi) is 6.85. The Morgan fingerprint density at radius 2 is 1.50 bits per heavy atom. The summed E-state index contributed by atoms with van der Waals surface area (Å²) in [6.45, 7) is 3.16. The highest BCUT2D eigenvalue weighted by molar-refractivity contribution is 7.89. The highest BCUT2D eigenvalue weighted by Crippen LogP contribution is 2.33. The summed E-state index contributed by atoms with van der Waals surface area (Å²) in [5.41, 5.74) is 1.21. The van der Waals surface area contributed by atoms with Gasteiger partial charge in [-0.25, -0.2) is 18.2 Å². The minimum Gasteiger partial charge on any atom is -0.423 e. The van der Waals surface area contributed by atoms with E-state index in [1.165, 1.54) is 43.5 Å². The molecule has 2 aliphatic heterocycles. The average molecular weight is 500 g/mol. The maximum atomic E-state index is 13.0. The van der Waals surface area contributed by atoms with Gasteiger partial charge in [-0.1, -0.05) is 24.2 Å². The molecule has 2 saturated heterocycles. The van der Waals surface area contributed by atoms with Crippen LogP contribution in [0.25, 0.3) is 10.2 Å². The third kappa shape index (κ3) is 4.96. The van der Waals surface area contributed by atoms with E-state index in [9.17, 15) is 13.2 Å². The van der Waals surface area contributed by atoms with Crippen molar-refractivity contribution in [2.45, 2.75) is 49.8 Å². The van der Waals surface area contributed by atoms with Crippen LogP contribution in [0, 0.1) is 0 Å². The second kappa shape index (κ2) is 10.0. The van der Waals surface area contributed by atoms with Crippen molar-refractivity contribution in [2.24, 2.45) is 0 Å². The van der Waals surface area contributed by atoms with Crippen LogP contribution in [0.1, 0.15) is 55.3 Å². The molecule has 3 aromatic rings. The molecule has 9 heteroatoms. The summed E-state index contributed by atoms with van der Waals surface area (Å²) < 4.78 is 34.0. The smallest absolute Gasteiger partial charge is 0.343 e.